The van der Waals surface area contributed by atoms with Crippen molar-refractivity contribution >= 4 is 34.4 Å². The predicted molar refractivity (Wildman–Crippen MR) is 126 cm³/mol. The zero-order valence-corrected chi connectivity index (χ0v) is 18.7. The summed E-state index contributed by atoms with van der Waals surface area (Å²) in [5.41, 5.74) is 1.46. The first kappa shape index (κ1) is 21.1. The van der Waals surface area contributed by atoms with Crippen LogP contribution in [0.3, 0.4) is 0 Å². The van der Waals surface area contributed by atoms with E-state index in [9.17, 15) is 9.59 Å². The van der Waals surface area contributed by atoms with Gasteiger partial charge in [-0.1, -0.05) is 29.8 Å². The quantitative estimate of drug-likeness (QED) is 0.501. The smallest absolute Gasteiger partial charge is 0.261 e. The van der Waals surface area contributed by atoms with Gasteiger partial charge in [0.1, 0.15) is 0 Å². The van der Waals surface area contributed by atoms with Crippen LogP contribution in [-0.4, -0.2) is 61.4 Å². The summed E-state index contributed by atoms with van der Waals surface area (Å²) < 4.78 is 0. The maximum Gasteiger partial charge on any atom is 0.261 e. The number of fused-ring (bicyclic) bond motifs is 1. The molecule has 10 heteroatoms. The Morgan fingerprint density at radius 1 is 1.06 bits per heavy atom. The maximum atomic E-state index is 13.5. The number of nitrogens with zero attached hydrogens (tertiary/aromatic N) is 6. The highest BCUT2D eigenvalue weighted by atomic mass is 35.5. The zero-order chi connectivity index (χ0) is 22.9. The van der Waals surface area contributed by atoms with E-state index in [1.165, 1.54) is 4.80 Å². The molecule has 0 bridgehead atoms. The van der Waals surface area contributed by atoms with Gasteiger partial charge in [-0.25, -0.2) is 4.98 Å². The number of H-pyrrole nitrogens is 1. The summed E-state index contributed by atoms with van der Waals surface area (Å²) in [6.45, 7) is 3.71. The molecule has 1 atom stereocenters. The maximum absolute atomic E-state index is 13.5. The monoisotopic (exact) mass is 463 g/mol. The fourth-order valence-corrected chi connectivity index (χ4v) is 4.44. The number of rotatable bonds is 3. The molecule has 3 heterocycles. The number of halogens is 1. The number of hydrogen-bond acceptors (Lipinski definition) is 6. The van der Waals surface area contributed by atoms with Gasteiger partial charge in [-0.05, 0) is 37.6 Å². The largest absolute Gasteiger partial charge is 0.340 e. The van der Waals surface area contributed by atoms with E-state index >= 15 is 0 Å². The molecule has 9 nitrogen and oxygen atoms in total. The summed E-state index contributed by atoms with van der Waals surface area (Å²) in [7, 11) is 0. The van der Waals surface area contributed by atoms with Crippen molar-refractivity contribution in [1.29, 1.82) is 0 Å². The molecule has 168 valence electrons. The van der Waals surface area contributed by atoms with Crippen LogP contribution < -0.4 is 10.5 Å². The molecular weight excluding hydrogens is 442 g/mol. The summed E-state index contributed by atoms with van der Waals surface area (Å²) >= 11 is 6.18. The first-order chi connectivity index (χ1) is 16.0. The van der Waals surface area contributed by atoms with E-state index in [0.29, 0.717) is 52.8 Å². The van der Waals surface area contributed by atoms with Crippen LogP contribution in [0, 0.1) is 0 Å². The van der Waals surface area contributed by atoms with Crippen LogP contribution >= 0.6 is 11.6 Å². The Labute approximate surface area is 194 Å². The summed E-state index contributed by atoms with van der Waals surface area (Å²) in [6.07, 6.45) is 3.89. The number of amides is 1. The highest BCUT2D eigenvalue weighted by molar-refractivity contribution is 6.35. The Morgan fingerprint density at radius 3 is 2.67 bits per heavy atom. The van der Waals surface area contributed by atoms with Gasteiger partial charge in [0.05, 0.1) is 39.6 Å². The molecule has 1 unspecified atom stereocenters. The van der Waals surface area contributed by atoms with Crippen LogP contribution in [0.5, 0.6) is 0 Å². The summed E-state index contributed by atoms with van der Waals surface area (Å²) in [6, 6.07) is 12.5. The van der Waals surface area contributed by atoms with Crippen molar-refractivity contribution in [3.63, 3.8) is 0 Å². The minimum atomic E-state index is -0.272. The number of aromatic nitrogens is 5. The second-order valence-electron chi connectivity index (χ2n) is 7.98. The van der Waals surface area contributed by atoms with Crippen LogP contribution in [0.15, 0.2) is 59.7 Å². The molecular formula is C23H22ClN7O2. The average Bonchev–Trinajstić information content (AvgIpc) is 3.28. The molecule has 5 rings (SSSR count). The van der Waals surface area contributed by atoms with E-state index in [4.69, 9.17) is 11.6 Å². The van der Waals surface area contributed by atoms with Crippen molar-refractivity contribution < 1.29 is 4.79 Å². The Kier molecular flexibility index (Phi) is 5.55. The molecule has 1 aliphatic rings. The molecule has 1 N–H and O–H groups in total. The second kappa shape index (κ2) is 8.67. The molecule has 0 saturated carbocycles. The van der Waals surface area contributed by atoms with Gasteiger partial charge in [0.2, 0.25) is 5.95 Å². The van der Waals surface area contributed by atoms with Gasteiger partial charge < -0.3 is 9.80 Å². The summed E-state index contributed by atoms with van der Waals surface area (Å²) in [5, 5.41) is 9.11. The van der Waals surface area contributed by atoms with Gasteiger partial charge in [-0.15, -0.1) is 0 Å². The first-order valence-electron chi connectivity index (χ1n) is 10.7. The van der Waals surface area contributed by atoms with Crippen molar-refractivity contribution in [1.82, 2.24) is 29.9 Å². The molecule has 1 saturated heterocycles. The molecule has 0 aliphatic carbocycles. The van der Waals surface area contributed by atoms with E-state index in [1.807, 2.05) is 34.9 Å². The topological polar surface area (TPSA) is 100 Å². The van der Waals surface area contributed by atoms with Crippen LogP contribution in [0.2, 0.25) is 5.02 Å². The number of anilines is 1. The van der Waals surface area contributed by atoms with E-state index in [0.717, 1.165) is 6.42 Å². The number of aromatic amines is 1. The molecule has 33 heavy (non-hydrogen) atoms. The normalized spacial score (nSPS) is 16.7. The lowest BCUT2D eigenvalue weighted by Gasteiger charge is -2.27. The van der Waals surface area contributed by atoms with Crippen molar-refractivity contribution in [3.8, 4) is 5.69 Å². The molecule has 2 aromatic heterocycles. The Balaban J connectivity index is 1.42. The Bertz CT molecular complexity index is 1370. The molecule has 0 radical (unpaired) electrons. The van der Waals surface area contributed by atoms with Crippen LogP contribution in [0.4, 0.5) is 5.95 Å². The molecule has 1 aliphatic heterocycles. The molecule has 1 amide bonds. The van der Waals surface area contributed by atoms with Crippen LogP contribution in [0.25, 0.3) is 16.6 Å². The van der Waals surface area contributed by atoms with Crippen LogP contribution in [0.1, 0.15) is 23.7 Å². The third-order valence-electron chi connectivity index (χ3n) is 5.96. The van der Waals surface area contributed by atoms with Crippen molar-refractivity contribution in [3.05, 3.63) is 75.8 Å². The fourth-order valence-electron chi connectivity index (χ4n) is 4.18. The number of para-hydroxylation sites is 1. The minimum Gasteiger partial charge on any atom is -0.340 e. The lowest BCUT2D eigenvalue weighted by molar-refractivity contribution is 0.0705. The third kappa shape index (κ3) is 3.95. The van der Waals surface area contributed by atoms with Gasteiger partial charge in [0, 0.05) is 25.7 Å². The van der Waals surface area contributed by atoms with Crippen molar-refractivity contribution in [2.45, 2.75) is 19.4 Å². The molecule has 0 spiro atoms. The summed E-state index contributed by atoms with van der Waals surface area (Å²) in [4.78, 5) is 39.0. The number of nitrogens with one attached hydrogen (secondary N) is 1. The van der Waals surface area contributed by atoms with Gasteiger partial charge in [-0.2, -0.15) is 15.0 Å². The van der Waals surface area contributed by atoms with E-state index in [2.05, 4.69) is 20.2 Å². The lowest BCUT2D eigenvalue weighted by atomic mass is 10.1. The van der Waals surface area contributed by atoms with E-state index < -0.39 is 0 Å². The van der Waals surface area contributed by atoms with E-state index in [1.54, 1.807) is 36.7 Å². The highest BCUT2D eigenvalue weighted by Crippen LogP contribution is 2.23. The number of carbonyl (C=O) groups is 1. The highest BCUT2D eigenvalue weighted by Gasteiger charge is 2.28. The minimum absolute atomic E-state index is 0.00256. The third-order valence-corrected chi connectivity index (χ3v) is 6.27. The Morgan fingerprint density at radius 2 is 1.85 bits per heavy atom. The fraction of sp³-hybridized carbons (Fsp3) is 0.261. The van der Waals surface area contributed by atoms with Crippen LogP contribution in [-0.2, 0) is 0 Å². The Hall–Kier alpha value is -3.72. The van der Waals surface area contributed by atoms with Crippen molar-refractivity contribution in [2.24, 2.45) is 0 Å². The van der Waals surface area contributed by atoms with Gasteiger partial charge in [-0.3, -0.25) is 14.6 Å². The number of benzene rings is 2. The van der Waals surface area contributed by atoms with E-state index in [-0.39, 0.29) is 17.5 Å². The SMILES string of the molecule is CC1CCN(c2nc3cccc(Cl)c3c(=O)[nH]2)CCN1C(=O)c1ccccc1-n1nccn1. The lowest BCUT2D eigenvalue weighted by Crippen LogP contribution is -2.40. The second-order valence-corrected chi connectivity index (χ2v) is 8.39. The number of carbonyl (C=O) groups excluding carboxylic acids is 1. The van der Waals surface area contributed by atoms with Gasteiger partial charge >= 0.3 is 0 Å². The zero-order valence-electron chi connectivity index (χ0n) is 18.0. The summed E-state index contributed by atoms with van der Waals surface area (Å²) in [5.74, 6) is 0.404. The molecule has 1 fully saturated rings. The standard InChI is InChI=1S/C23H22ClN7O2/c1-15-9-12-29(23-27-18-7-4-6-17(24)20(18)21(32)28-23)13-14-30(15)22(33)16-5-2-3-8-19(16)31-25-10-11-26-31/h2-8,10-11,15H,9,12-14H2,1H3,(H,27,28,32). The van der Waals surface area contributed by atoms with Gasteiger partial charge in [0.25, 0.3) is 11.5 Å². The predicted octanol–water partition coefficient (Wildman–Crippen LogP) is 2.90. The average molecular weight is 464 g/mol. The van der Waals surface area contributed by atoms with Gasteiger partial charge in [0.15, 0.2) is 0 Å². The first-order valence-corrected chi connectivity index (χ1v) is 11.1. The molecule has 2 aromatic carbocycles. The van der Waals surface area contributed by atoms with Crippen molar-refractivity contribution in [2.75, 3.05) is 24.5 Å². The molecule has 4 aromatic rings. The number of hydrogen-bond donors (Lipinski definition) is 1.